The van der Waals surface area contributed by atoms with E-state index in [0.29, 0.717) is 28.1 Å². The summed E-state index contributed by atoms with van der Waals surface area (Å²) in [6.45, 7) is 0. The zero-order valence-corrected chi connectivity index (χ0v) is 19.4. The Morgan fingerprint density at radius 3 is 2.53 bits per heavy atom. The van der Waals surface area contributed by atoms with E-state index in [4.69, 9.17) is 26.1 Å². The highest BCUT2D eigenvalue weighted by atomic mass is 32.1. The first-order chi connectivity index (χ1) is 16.6. The summed E-state index contributed by atoms with van der Waals surface area (Å²) in [7, 11) is 3.21. The molecule has 34 heavy (non-hydrogen) atoms. The number of benzene rings is 2. The molecule has 1 fully saturated rings. The molecular formula is C26H22FN3O3S. The molecule has 2 atom stereocenters. The highest BCUT2D eigenvalue weighted by molar-refractivity contribution is 7.80. The Hall–Kier alpha value is -3.91. The molecule has 5 rings (SSSR count). The van der Waals surface area contributed by atoms with Gasteiger partial charge in [0, 0.05) is 17.8 Å². The Morgan fingerprint density at radius 2 is 1.82 bits per heavy atom. The van der Waals surface area contributed by atoms with Crippen LogP contribution in [-0.4, -0.2) is 24.3 Å². The van der Waals surface area contributed by atoms with Crippen LogP contribution in [0.1, 0.15) is 23.5 Å². The molecule has 1 N–H and O–H groups in total. The van der Waals surface area contributed by atoms with Crippen molar-refractivity contribution in [2.45, 2.75) is 12.1 Å². The van der Waals surface area contributed by atoms with Gasteiger partial charge in [0.25, 0.3) is 0 Å². The third-order valence-corrected chi connectivity index (χ3v) is 6.11. The highest BCUT2D eigenvalue weighted by Crippen LogP contribution is 2.46. The first-order valence-corrected chi connectivity index (χ1v) is 11.1. The molecule has 1 saturated heterocycles. The van der Waals surface area contributed by atoms with Crippen molar-refractivity contribution in [3.63, 3.8) is 0 Å². The molecule has 0 saturated carbocycles. The molecule has 0 bridgehead atoms. The Labute approximate surface area is 201 Å². The van der Waals surface area contributed by atoms with E-state index in [9.17, 15) is 4.39 Å². The largest absolute Gasteiger partial charge is 0.497 e. The maximum atomic E-state index is 13.4. The second-order valence-electron chi connectivity index (χ2n) is 7.74. The van der Waals surface area contributed by atoms with Gasteiger partial charge in [-0.15, -0.1) is 0 Å². The standard InChI is InChI=1S/C26H22FN3O3S/c1-31-18-10-11-20(23(15-18)32-2)30-25(24(29-26(30)34)19-5-3-4-14-28-19)22-13-12-21(33-22)16-6-8-17(27)9-7-16/h3-15,24-25H,1-2H3,(H,29,34). The monoisotopic (exact) mass is 475 g/mol. The van der Waals surface area contributed by atoms with Crippen LogP contribution in [0.2, 0.25) is 0 Å². The van der Waals surface area contributed by atoms with Gasteiger partial charge in [-0.1, -0.05) is 6.07 Å². The highest BCUT2D eigenvalue weighted by Gasteiger charge is 2.43. The van der Waals surface area contributed by atoms with Gasteiger partial charge in [0.15, 0.2) is 5.11 Å². The maximum Gasteiger partial charge on any atom is 0.174 e. The zero-order valence-electron chi connectivity index (χ0n) is 18.6. The van der Waals surface area contributed by atoms with E-state index in [1.54, 1.807) is 32.5 Å². The number of anilines is 1. The summed E-state index contributed by atoms with van der Waals surface area (Å²) in [5.41, 5.74) is 2.37. The number of nitrogens with one attached hydrogen (secondary N) is 1. The molecule has 2 unspecified atom stereocenters. The minimum Gasteiger partial charge on any atom is -0.497 e. The molecule has 0 aliphatic carbocycles. The second kappa shape index (κ2) is 9.15. The average Bonchev–Trinajstić information content (AvgIpc) is 3.49. The Balaban J connectivity index is 1.62. The Kier molecular flexibility index (Phi) is 5.90. The number of thiocarbonyl (C=S) groups is 1. The number of hydrogen-bond donors (Lipinski definition) is 1. The fraction of sp³-hybridized carbons (Fsp3) is 0.154. The molecule has 4 aromatic rings. The van der Waals surface area contributed by atoms with Crippen LogP contribution in [0.25, 0.3) is 11.3 Å². The maximum absolute atomic E-state index is 13.4. The first kappa shape index (κ1) is 21.9. The van der Waals surface area contributed by atoms with Crippen molar-refractivity contribution in [3.8, 4) is 22.8 Å². The normalized spacial score (nSPS) is 17.5. The molecular weight excluding hydrogens is 453 g/mol. The lowest BCUT2D eigenvalue weighted by Crippen LogP contribution is -2.29. The van der Waals surface area contributed by atoms with Crippen molar-refractivity contribution in [1.82, 2.24) is 10.3 Å². The molecule has 8 heteroatoms. The van der Waals surface area contributed by atoms with Crippen LogP contribution in [0.15, 0.2) is 83.4 Å². The fourth-order valence-corrected chi connectivity index (χ4v) is 4.51. The molecule has 1 aliphatic rings. The van der Waals surface area contributed by atoms with Gasteiger partial charge in [-0.3, -0.25) is 4.98 Å². The van der Waals surface area contributed by atoms with Crippen LogP contribution in [0, 0.1) is 5.82 Å². The van der Waals surface area contributed by atoms with Crippen LogP contribution < -0.4 is 19.7 Å². The van der Waals surface area contributed by atoms with Crippen molar-refractivity contribution in [2.75, 3.05) is 19.1 Å². The van der Waals surface area contributed by atoms with Crippen molar-refractivity contribution in [1.29, 1.82) is 0 Å². The Bertz CT molecular complexity index is 1310. The number of hydrogen-bond acceptors (Lipinski definition) is 5. The minimum atomic E-state index is -0.348. The molecule has 172 valence electrons. The van der Waals surface area contributed by atoms with Gasteiger partial charge in [-0.2, -0.15) is 0 Å². The number of pyridine rings is 1. The van der Waals surface area contributed by atoms with E-state index in [0.717, 1.165) is 16.9 Å². The molecule has 3 heterocycles. The number of aromatic nitrogens is 1. The van der Waals surface area contributed by atoms with E-state index < -0.39 is 0 Å². The van der Waals surface area contributed by atoms with Gasteiger partial charge >= 0.3 is 0 Å². The summed E-state index contributed by atoms with van der Waals surface area (Å²) in [6, 6.07) is 20.7. The minimum absolute atomic E-state index is 0.271. The Morgan fingerprint density at radius 1 is 1.00 bits per heavy atom. The molecule has 1 aliphatic heterocycles. The van der Waals surface area contributed by atoms with E-state index in [1.165, 1.54) is 12.1 Å². The summed E-state index contributed by atoms with van der Waals surface area (Å²) in [4.78, 5) is 6.53. The number of nitrogens with zero attached hydrogens (tertiary/aromatic N) is 2. The lowest BCUT2D eigenvalue weighted by atomic mass is 10.0. The van der Waals surface area contributed by atoms with E-state index in [2.05, 4.69) is 10.3 Å². The van der Waals surface area contributed by atoms with Crippen LogP contribution >= 0.6 is 12.2 Å². The molecule has 0 spiro atoms. The van der Waals surface area contributed by atoms with Gasteiger partial charge in [0.1, 0.15) is 34.9 Å². The summed E-state index contributed by atoms with van der Waals surface area (Å²) < 4.78 is 30.7. The van der Waals surface area contributed by atoms with Crippen molar-refractivity contribution in [3.05, 3.63) is 96.3 Å². The lowest BCUT2D eigenvalue weighted by molar-refractivity contribution is 0.392. The van der Waals surface area contributed by atoms with Crippen molar-refractivity contribution < 1.29 is 18.3 Å². The van der Waals surface area contributed by atoms with Crippen LogP contribution in [0.5, 0.6) is 11.5 Å². The van der Waals surface area contributed by atoms with Crippen LogP contribution in [0.4, 0.5) is 10.1 Å². The number of halogens is 1. The molecule has 6 nitrogen and oxygen atoms in total. The lowest BCUT2D eigenvalue weighted by Gasteiger charge is -2.27. The van der Waals surface area contributed by atoms with Crippen LogP contribution in [0.3, 0.4) is 0 Å². The first-order valence-electron chi connectivity index (χ1n) is 10.7. The van der Waals surface area contributed by atoms with Gasteiger partial charge in [-0.05, 0) is 72.9 Å². The quantitative estimate of drug-likeness (QED) is 0.360. The van der Waals surface area contributed by atoms with Crippen LogP contribution in [-0.2, 0) is 0 Å². The van der Waals surface area contributed by atoms with Crippen molar-refractivity contribution >= 4 is 23.0 Å². The summed E-state index contributed by atoms with van der Waals surface area (Å²) in [5, 5.41) is 3.92. The number of ether oxygens (including phenoxy) is 2. The van der Waals surface area contributed by atoms with E-state index >= 15 is 0 Å². The van der Waals surface area contributed by atoms with Gasteiger partial charge in [-0.25, -0.2) is 4.39 Å². The smallest absolute Gasteiger partial charge is 0.174 e. The molecule has 2 aromatic carbocycles. The average molecular weight is 476 g/mol. The molecule has 0 radical (unpaired) electrons. The summed E-state index contributed by atoms with van der Waals surface area (Å²) >= 11 is 5.78. The van der Waals surface area contributed by atoms with Gasteiger partial charge < -0.3 is 24.1 Å². The van der Waals surface area contributed by atoms with Gasteiger partial charge in [0.2, 0.25) is 0 Å². The predicted octanol–water partition coefficient (Wildman–Crippen LogP) is 5.68. The number of methoxy groups -OCH3 is 2. The van der Waals surface area contributed by atoms with E-state index in [1.807, 2.05) is 53.4 Å². The van der Waals surface area contributed by atoms with Gasteiger partial charge in [0.05, 0.1) is 31.6 Å². The third-order valence-electron chi connectivity index (χ3n) is 5.79. The molecule has 0 amide bonds. The predicted molar refractivity (Wildman–Crippen MR) is 132 cm³/mol. The topological polar surface area (TPSA) is 59.8 Å². The fourth-order valence-electron chi connectivity index (χ4n) is 4.17. The third kappa shape index (κ3) is 3.97. The second-order valence-corrected chi connectivity index (χ2v) is 8.13. The molecule has 2 aromatic heterocycles. The van der Waals surface area contributed by atoms with E-state index in [-0.39, 0.29) is 17.9 Å². The SMILES string of the molecule is COc1ccc(N2C(=S)NC(c3ccccn3)C2c2ccc(-c3ccc(F)cc3)o2)c(OC)c1. The van der Waals surface area contributed by atoms with Crippen molar-refractivity contribution in [2.24, 2.45) is 0 Å². The summed E-state index contributed by atoms with van der Waals surface area (Å²) in [5.74, 6) is 2.30. The number of furan rings is 1. The summed E-state index contributed by atoms with van der Waals surface area (Å²) in [6.07, 6.45) is 1.75. The number of rotatable bonds is 6. The zero-order chi connectivity index (χ0) is 23.7.